The van der Waals surface area contributed by atoms with Crippen molar-refractivity contribution in [1.82, 2.24) is 10.3 Å². The van der Waals surface area contributed by atoms with E-state index in [1.165, 1.54) is 4.88 Å². The number of pyridine rings is 1. The SMILES string of the molecule is Cc1ncc(N)cc1C(=O)NCC(C)(C)c1cccs1. The number of thiophene rings is 1. The molecule has 0 unspecified atom stereocenters. The van der Waals surface area contributed by atoms with E-state index in [0.29, 0.717) is 23.5 Å². The molecule has 0 atom stereocenters. The summed E-state index contributed by atoms with van der Waals surface area (Å²) in [4.78, 5) is 17.6. The molecule has 2 aromatic heterocycles. The summed E-state index contributed by atoms with van der Waals surface area (Å²) in [6.45, 7) is 6.60. The van der Waals surface area contributed by atoms with Crippen molar-refractivity contribution in [2.45, 2.75) is 26.2 Å². The third-order valence-electron chi connectivity index (χ3n) is 3.23. The van der Waals surface area contributed by atoms with Gasteiger partial charge in [0.25, 0.3) is 5.91 Å². The normalized spacial score (nSPS) is 11.3. The maximum absolute atomic E-state index is 12.2. The van der Waals surface area contributed by atoms with Crippen LogP contribution in [0.1, 0.15) is 34.8 Å². The van der Waals surface area contributed by atoms with Crippen LogP contribution in [-0.4, -0.2) is 17.4 Å². The highest BCUT2D eigenvalue weighted by Crippen LogP contribution is 2.26. The lowest BCUT2D eigenvalue weighted by Crippen LogP contribution is -2.36. The van der Waals surface area contributed by atoms with Crippen molar-refractivity contribution in [3.8, 4) is 0 Å². The van der Waals surface area contributed by atoms with Crippen molar-refractivity contribution in [2.75, 3.05) is 12.3 Å². The molecule has 0 saturated carbocycles. The van der Waals surface area contributed by atoms with Crippen LogP contribution in [0.15, 0.2) is 29.8 Å². The molecular weight excluding hydrogens is 270 g/mol. The van der Waals surface area contributed by atoms with Gasteiger partial charge < -0.3 is 11.1 Å². The fourth-order valence-corrected chi connectivity index (χ4v) is 2.78. The molecule has 0 radical (unpaired) electrons. The molecule has 2 aromatic rings. The van der Waals surface area contributed by atoms with E-state index in [2.05, 4.69) is 30.2 Å². The Balaban J connectivity index is 2.07. The number of nitrogen functional groups attached to an aromatic ring is 1. The van der Waals surface area contributed by atoms with Crippen molar-refractivity contribution in [1.29, 1.82) is 0 Å². The fraction of sp³-hybridized carbons (Fsp3) is 0.333. The number of hydrogen-bond acceptors (Lipinski definition) is 4. The summed E-state index contributed by atoms with van der Waals surface area (Å²) >= 11 is 1.70. The van der Waals surface area contributed by atoms with E-state index in [4.69, 9.17) is 5.73 Å². The molecule has 2 rings (SSSR count). The van der Waals surface area contributed by atoms with Gasteiger partial charge in [-0.2, -0.15) is 0 Å². The number of nitrogens with one attached hydrogen (secondary N) is 1. The van der Waals surface area contributed by atoms with Crippen molar-refractivity contribution in [3.63, 3.8) is 0 Å². The van der Waals surface area contributed by atoms with Crippen LogP contribution in [0.4, 0.5) is 5.69 Å². The van der Waals surface area contributed by atoms with E-state index in [0.717, 1.165) is 0 Å². The highest BCUT2D eigenvalue weighted by molar-refractivity contribution is 7.10. The second-order valence-electron chi connectivity index (χ2n) is 5.45. The van der Waals surface area contributed by atoms with E-state index in [-0.39, 0.29) is 11.3 Å². The molecule has 0 aromatic carbocycles. The third-order valence-corrected chi connectivity index (χ3v) is 4.47. The lowest BCUT2D eigenvalue weighted by Gasteiger charge is -2.23. The predicted molar refractivity (Wildman–Crippen MR) is 83.1 cm³/mol. The van der Waals surface area contributed by atoms with Crippen molar-refractivity contribution >= 4 is 22.9 Å². The maximum atomic E-state index is 12.2. The number of nitrogens with two attached hydrogens (primary N) is 1. The lowest BCUT2D eigenvalue weighted by molar-refractivity contribution is 0.0945. The number of carbonyl (C=O) groups excluding carboxylic acids is 1. The number of aromatic nitrogens is 1. The molecule has 0 aliphatic carbocycles. The van der Waals surface area contributed by atoms with Crippen LogP contribution >= 0.6 is 11.3 Å². The second kappa shape index (κ2) is 5.63. The molecule has 0 aliphatic rings. The number of nitrogens with zero attached hydrogens (tertiary/aromatic N) is 1. The highest BCUT2D eigenvalue weighted by Gasteiger charge is 2.23. The molecular formula is C15H19N3OS. The molecule has 1 amide bonds. The summed E-state index contributed by atoms with van der Waals surface area (Å²) < 4.78 is 0. The highest BCUT2D eigenvalue weighted by atomic mass is 32.1. The molecule has 0 saturated heterocycles. The first-order valence-corrected chi connectivity index (χ1v) is 7.32. The van der Waals surface area contributed by atoms with Gasteiger partial charge in [-0.15, -0.1) is 11.3 Å². The Hall–Kier alpha value is -1.88. The van der Waals surface area contributed by atoms with Gasteiger partial charge in [-0.3, -0.25) is 9.78 Å². The van der Waals surface area contributed by atoms with Gasteiger partial charge >= 0.3 is 0 Å². The lowest BCUT2D eigenvalue weighted by atomic mass is 9.91. The standard InChI is InChI=1S/C15H19N3OS/c1-10-12(7-11(16)8-17-10)14(19)18-9-15(2,3)13-5-4-6-20-13/h4-8H,9,16H2,1-3H3,(H,18,19). The molecule has 5 heteroatoms. The minimum atomic E-state index is -0.132. The molecule has 20 heavy (non-hydrogen) atoms. The smallest absolute Gasteiger partial charge is 0.253 e. The molecule has 4 nitrogen and oxygen atoms in total. The van der Waals surface area contributed by atoms with Gasteiger partial charge in [0.05, 0.1) is 23.1 Å². The van der Waals surface area contributed by atoms with Gasteiger partial charge in [0.2, 0.25) is 0 Å². The Bertz CT molecular complexity index is 606. The summed E-state index contributed by atoms with van der Waals surface area (Å²) in [5, 5.41) is 5.01. The quantitative estimate of drug-likeness (QED) is 0.909. The first-order chi connectivity index (χ1) is 9.40. The zero-order valence-corrected chi connectivity index (χ0v) is 12.8. The number of anilines is 1. The van der Waals surface area contributed by atoms with Gasteiger partial charge in [-0.25, -0.2) is 0 Å². The van der Waals surface area contributed by atoms with E-state index in [1.807, 2.05) is 11.4 Å². The average molecular weight is 289 g/mol. The summed E-state index contributed by atoms with van der Waals surface area (Å²) in [6, 6.07) is 5.77. The van der Waals surface area contributed by atoms with E-state index >= 15 is 0 Å². The van der Waals surface area contributed by atoms with Crippen molar-refractivity contribution in [3.05, 3.63) is 45.9 Å². The maximum Gasteiger partial charge on any atom is 0.253 e. The molecule has 3 N–H and O–H groups in total. The summed E-state index contributed by atoms with van der Waals surface area (Å²) in [5.74, 6) is -0.132. The van der Waals surface area contributed by atoms with Crippen LogP contribution in [0.3, 0.4) is 0 Å². The number of rotatable bonds is 4. The second-order valence-corrected chi connectivity index (χ2v) is 6.39. The van der Waals surface area contributed by atoms with Gasteiger partial charge in [-0.1, -0.05) is 19.9 Å². The fourth-order valence-electron chi connectivity index (χ4n) is 1.93. The largest absolute Gasteiger partial charge is 0.397 e. The monoisotopic (exact) mass is 289 g/mol. The molecule has 106 valence electrons. The van der Waals surface area contributed by atoms with Crippen molar-refractivity contribution < 1.29 is 4.79 Å². The van der Waals surface area contributed by atoms with Crippen molar-refractivity contribution in [2.24, 2.45) is 0 Å². The first-order valence-electron chi connectivity index (χ1n) is 6.44. The average Bonchev–Trinajstić information content (AvgIpc) is 2.93. The zero-order chi connectivity index (χ0) is 14.8. The number of amides is 1. The Morgan fingerprint density at radius 2 is 2.25 bits per heavy atom. The Morgan fingerprint density at radius 3 is 2.90 bits per heavy atom. The predicted octanol–water partition coefficient (Wildman–Crippen LogP) is 2.74. The summed E-state index contributed by atoms with van der Waals surface area (Å²) in [5.41, 5.74) is 7.31. The van der Waals surface area contributed by atoms with Gasteiger partial charge in [0.15, 0.2) is 0 Å². The van der Waals surface area contributed by atoms with Crippen LogP contribution in [0.25, 0.3) is 0 Å². The molecule has 0 fully saturated rings. The molecule has 0 bridgehead atoms. The van der Waals surface area contributed by atoms with Crippen LogP contribution in [0.2, 0.25) is 0 Å². The van der Waals surface area contributed by atoms with Crippen LogP contribution in [-0.2, 0) is 5.41 Å². The minimum absolute atomic E-state index is 0.0918. The Labute approximate surface area is 123 Å². The summed E-state index contributed by atoms with van der Waals surface area (Å²) in [7, 11) is 0. The van der Waals surface area contributed by atoms with E-state index in [1.54, 1.807) is 30.5 Å². The minimum Gasteiger partial charge on any atom is -0.397 e. The van der Waals surface area contributed by atoms with Gasteiger partial charge in [-0.05, 0) is 24.4 Å². The third kappa shape index (κ3) is 3.17. The number of aryl methyl sites for hydroxylation is 1. The van der Waals surface area contributed by atoms with E-state index < -0.39 is 0 Å². The van der Waals surface area contributed by atoms with Crippen LogP contribution < -0.4 is 11.1 Å². The summed E-state index contributed by atoms with van der Waals surface area (Å²) in [6.07, 6.45) is 1.56. The molecule has 0 aliphatic heterocycles. The van der Waals surface area contributed by atoms with Crippen LogP contribution in [0, 0.1) is 6.92 Å². The molecule has 2 heterocycles. The van der Waals surface area contributed by atoms with Gasteiger partial charge in [0, 0.05) is 16.8 Å². The number of hydrogen-bond donors (Lipinski definition) is 2. The van der Waals surface area contributed by atoms with Gasteiger partial charge in [0.1, 0.15) is 0 Å². The van der Waals surface area contributed by atoms with E-state index in [9.17, 15) is 4.79 Å². The Kier molecular flexibility index (Phi) is 4.09. The van der Waals surface area contributed by atoms with Crippen LogP contribution in [0.5, 0.6) is 0 Å². The number of carbonyl (C=O) groups is 1. The Morgan fingerprint density at radius 1 is 1.50 bits per heavy atom. The topological polar surface area (TPSA) is 68.0 Å². The molecule has 0 spiro atoms. The zero-order valence-electron chi connectivity index (χ0n) is 11.9. The first kappa shape index (κ1) is 14.5.